The van der Waals surface area contributed by atoms with Crippen LogP contribution in [-0.2, 0) is 0 Å². The summed E-state index contributed by atoms with van der Waals surface area (Å²) in [5.74, 6) is 2.00. The predicted molar refractivity (Wildman–Crippen MR) is 125 cm³/mol. The molecule has 0 saturated heterocycles. The molecule has 5 rings (SSSR count). The summed E-state index contributed by atoms with van der Waals surface area (Å²) in [7, 11) is 1.72. The molecule has 1 N–H and O–H groups in total. The zero-order valence-electron chi connectivity index (χ0n) is 18.0. The second-order valence-corrected chi connectivity index (χ2v) is 8.57. The minimum absolute atomic E-state index is 0.503. The van der Waals surface area contributed by atoms with Crippen LogP contribution in [0.2, 0.25) is 0 Å². The summed E-state index contributed by atoms with van der Waals surface area (Å²) in [6.07, 6.45) is 6.39. The first-order chi connectivity index (χ1) is 14.6. The van der Waals surface area contributed by atoms with Crippen molar-refractivity contribution < 1.29 is 4.74 Å². The van der Waals surface area contributed by atoms with Gasteiger partial charge in [0.2, 0.25) is 0 Å². The number of ether oxygens (including phenoxy) is 1. The van der Waals surface area contributed by atoms with Crippen LogP contribution in [0.25, 0.3) is 27.4 Å². The molecule has 4 heteroatoms. The van der Waals surface area contributed by atoms with Crippen molar-refractivity contribution in [2.75, 3.05) is 12.4 Å². The van der Waals surface area contributed by atoms with Crippen LogP contribution in [0, 0.1) is 13.8 Å². The van der Waals surface area contributed by atoms with Crippen LogP contribution in [0.1, 0.15) is 43.2 Å². The van der Waals surface area contributed by atoms with Gasteiger partial charge in [-0.3, -0.25) is 0 Å². The van der Waals surface area contributed by atoms with E-state index in [0.29, 0.717) is 6.04 Å². The lowest BCUT2D eigenvalue weighted by Crippen LogP contribution is -2.24. The zero-order chi connectivity index (χ0) is 20.7. The smallest absolute Gasteiger partial charge is 0.138 e. The summed E-state index contributed by atoms with van der Waals surface area (Å²) >= 11 is 0. The average molecular weight is 400 g/mol. The van der Waals surface area contributed by atoms with Crippen molar-refractivity contribution >= 4 is 27.5 Å². The van der Waals surface area contributed by atoms with Crippen LogP contribution in [0.3, 0.4) is 0 Å². The van der Waals surface area contributed by atoms with Crippen LogP contribution in [0.5, 0.6) is 5.75 Å². The number of methoxy groups -OCH3 is 1. The lowest BCUT2D eigenvalue weighted by atomic mass is 9.95. The summed E-state index contributed by atoms with van der Waals surface area (Å²) in [4.78, 5) is 0. The van der Waals surface area contributed by atoms with Crippen LogP contribution < -0.4 is 10.1 Å². The molecule has 0 aliphatic heterocycles. The van der Waals surface area contributed by atoms with Gasteiger partial charge in [0.05, 0.1) is 18.3 Å². The van der Waals surface area contributed by atoms with Gasteiger partial charge >= 0.3 is 0 Å². The van der Waals surface area contributed by atoms with E-state index in [-0.39, 0.29) is 0 Å². The maximum absolute atomic E-state index is 5.48. The van der Waals surface area contributed by atoms with E-state index in [0.717, 1.165) is 33.9 Å². The van der Waals surface area contributed by atoms with Crippen molar-refractivity contribution in [3.8, 4) is 11.4 Å². The lowest BCUT2D eigenvalue weighted by molar-refractivity contribution is 0.414. The molecule has 0 bridgehead atoms. The van der Waals surface area contributed by atoms with E-state index >= 15 is 0 Å². The third-order valence-electron chi connectivity index (χ3n) is 6.40. The molecule has 30 heavy (non-hydrogen) atoms. The molecule has 4 nitrogen and oxygen atoms in total. The quantitative estimate of drug-likeness (QED) is 0.423. The van der Waals surface area contributed by atoms with Gasteiger partial charge in [0.25, 0.3) is 0 Å². The Balaban J connectivity index is 1.73. The minimum Gasteiger partial charge on any atom is -0.497 e. The number of aryl methyl sites for hydroxylation is 2. The van der Waals surface area contributed by atoms with E-state index in [1.54, 1.807) is 7.11 Å². The highest BCUT2D eigenvalue weighted by Crippen LogP contribution is 2.35. The number of rotatable bonds is 4. The Hall–Kier alpha value is -3.01. The van der Waals surface area contributed by atoms with Gasteiger partial charge in [-0.05, 0) is 72.9 Å². The molecule has 1 aromatic heterocycles. The van der Waals surface area contributed by atoms with Crippen molar-refractivity contribution in [1.82, 2.24) is 9.78 Å². The van der Waals surface area contributed by atoms with Gasteiger partial charge in [-0.25, -0.2) is 4.68 Å². The van der Waals surface area contributed by atoms with Crippen molar-refractivity contribution in [3.63, 3.8) is 0 Å². The Morgan fingerprint density at radius 1 is 0.933 bits per heavy atom. The van der Waals surface area contributed by atoms with E-state index in [2.05, 4.69) is 72.4 Å². The standard InChI is InChI=1S/C26H29N3O/c1-17-13-22(30-3)14-18(2)25(17)29-26(27-21-11-5-4-6-12-21)23-15-19-9-7-8-10-20(19)16-24(23)28-29/h7-10,13-16,21,27H,4-6,11-12H2,1-3H3. The van der Waals surface area contributed by atoms with Crippen LogP contribution >= 0.6 is 0 Å². The monoisotopic (exact) mass is 399 g/mol. The SMILES string of the molecule is COc1cc(C)c(-n2nc3cc4ccccc4cc3c2NC2CCCCC2)c(C)c1. The Bertz CT molecular complexity index is 1190. The van der Waals surface area contributed by atoms with Gasteiger partial charge in [-0.1, -0.05) is 43.5 Å². The molecule has 1 saturated carbocycles. The predicted octanol–water partition coefficient (Wildman–Crippen LogP) is 6.55. The number of hydrogen-bond acceptors (Lipinski definition) is 3. The number of nitrogens with one attached hydrogen (secondary N) is 1. The maximum Gasteiger partial charge on any atom is 0.138 e. The number of anilines is 1. The highest BCUT2D eigenvalue weighted by Gasteiger charge is 2.21. The second kappa shape index (κ2) is 7.67. The van der Waals surface area contributed by atoms with E-state index in [9.17, 15) is 0 Å². The van der Waals surface area contributed by atoms with Gasteiger partial charge < -0.3 is 10.1 Å². The summed E-state index contributed by atoms with van der Waals surface area (Å²) in [6.45, 7) is 4.27. The molecular formula is C26H29N3O. The highest BCUT2D eigenvalue weighted by atomic mass is 16.5. The fraction of sp³-hybridized carbons (Fsp3) is 0.346. The first-order valence-electron chi connectivity index (χ1n) is 11.0. The van der Waals surface area contributed by atoms with E-state index in [1.165, 1.54) is 48.3 Å². The van der Waals surface area contributed by atoms with Gasteiger partial charge in [-0.15, -0.1) is 0 Å². The van der Waals surface area contributed by atoms with Gasteiger partial charge in [0.15, 0.2) is 0 Å². The van der Waals surface area contributed by atoms with Crippen molar-refractivity contribution in [3.05, 3.63) is 59.7 Å². The van der Waals surface area contributed by atoms with Crippen LogP contribution in [0.4, 0.5) is 5.82 Å². The summed E-state index contributed by atoms with van der Waals surface area (Å²) in [5.41, 5.74) is 4.49. The number of fused-ring (bicyclic) bond motifs is 2. The minimum atomic E-state index is 0.503. The molecule has 1 aliphatic carbocycles. The molecule has 0 amide bonds. The largest absolute Gasteiger partial charge is 0.497 e. The van der Waals surface area contributed by atoms with Crippen LogP contribution in [-0.4, -0.2) is 22.9 Å². The lowest BCUT2D eigenvalue weighted by Gasteiger charge is -2.25. The molecule has 154 valence electrons. The summed E-state index contributed by atoms with van der Waals surface area (Å²) in [6, 6.07) is 17.7. The Morgan fingerprint density at radius 2 is 1.60 bits per heavy atom. The Labute approximate surface area is 177 Å². The maximum atomic E-state index is 5.48. The highest BCUT2D eigenvalue weighted by molar-refractivity contribution is 6.02. The molecule has 3 aromatic carbocycles. The molecule has 1 fully saturated rings. The molecule has 4 aromatic rings. The molecular weight excluding hydrogens is 370 g/mol. The number of aromatic nitrogens is 2. The summed E-state index contributed by atoms with van der Waals surface area (Å²) < 4.78 is 7.61. The topological polar surface area (TPSA) is 39.1 Å². The molecule has 1 aliphatic rings. The normalized spacial score (nSPS) is 15.0. The number of nitrogens with zero attached hydrogens (tertiary/aromatic N) is 2. The van der Waals surface area contributed by atoms with Gasteiger partial charge in [-0.2, -0.15) is 5.10 Å². The summed E-state index contributed by atoms with van der Waals surface area (Å²) in [5, 5.41) is 12.6. The second-order valence-electron chi connectivity index (χ2n) is 8.57. The van der Waals surface area contributed by atoms with Gasteiger partial charge in [0.1, 0.15) is 11.6 Å². The average Bonchev–Trinajstić information content (AvgIpc) is 3.09. The molecule has 0 atom stereocenters. The molecule has 0 radical (unpaired) electrons. The van der Waals surface area contributed by atoms with E-state index < -0.39 is 0 Å². The van der Waals surface area contributed by atoms with Crippen molar-refractivity contribution in [2.45, 2.75) is 52.0 Å². The third-order valence-corrected chi connectivity index (χ3v) is 6.40. The Morgan fingerprint density at radius 3 is 2.27 bits per heavy atom. The van der Waals surface area contributed by atoms with Gasteiger partial charge in [0, 0.05) is 11.4 Å². The molecule has 1 heterocycles. The first-order valence-corrected chi connectivity index (χ1v) is 11.0. The number of hydrogen-bond donors (Lipinski definition) is 1. The van der Waals surface area contributed by atoms with Crippen molar-refractivity contribution in [2.24, 2.45) is 0 Å². The zero-order valence-corrected chi connectivity index (χ0v) is 18.0. The van der Waals surface area contributed by atoms with E-state index in [1.807, 2.05) is 0 Å². The number of benzene rings is 3. The molecule has 0 unspecified atom stereocenters. The van der Waals surface area contributed by atoms with E-state index in [4.69, 9.17) is 9.84 Å². The molecule has 0 spiro atoms. The Kier molecular flexibility index (Phi) is 4.86. The van der Waals surface area contributed by atoms with Crippen LogP contribution in [0.15, 0.2) is 48.5 Å². The fourth-order valence-corrected chi connectivity index (χ4v) is 4.88. The first kappa shape index (κ1) is 19.0. The van der Waals surface area contributed by atoms with Crippen molar-refractivity contribution in [1.29, 1.82) is 0 Å². The third kappa shape index (κ3) is 3.30. The fourth-order valence-electron chi connectivity index (χ4n) is 4.88.